The highest BCUT2D eigenvalue weighted by Crippen LogP contribution is 2.36. The molecular formula is C17H21N3O. The Bertz CT molecular complexity index is 552. The molecule has 21 heavy (non-hydrogen) atoms. The highest BCUT2D eigenvalue weighted by Gasteiger charge is 2.37. The Hall–Kier alpha value is -1.86. The molecule has 0 spiro atoms. The van der Waals surface area contributed by atoms with Crippen LogP contribution in [0.15, 0.2) is 24.3 Å². The average Bonchev–Trinajstić information content (AvgIpc) is 3.29. The first-order chi connectivity index (χ1) is 10.2. The normalized spacial score (nSPS) is 19.4. The van der Waals surface area contributed by atoms with Crippen molar-refractivity contribution in [1.29, 1.82) is 5.26 Å². The van der Waals surface area contributed by atoms with Crippen LogP contribution in [-0.4, -0.2) is 48.4 Å². The van der Waals surface area contributed by atoms with E-state index in [1.165, 1.54) is 32.4 Å². The molecule has 1 heterocycles. The van der Waals surface area contributed by atoms with Crippen molar-refractivity contribution in [2.24, 2.45) is 5.92 Å². The average molecular weight is 283 g/mol. The van der Waals surface area contributed by atoms with Gasteiger partial charge in [0.05, 0.1) is 11.6 Å². The number of likely N-dealkylation sites (tertiary alicyclic amines) is 1. The summed E-state index contributed by atoms with van der Waals surface area (Å²) in [6.45, 7) is 3.34. The third kappa shape index (κ3) is 3.08. The lowest BCUT2D eigenvalue weighted by atomic mass is 10.1. The molecule has 3 rings (SSSR count). The second kappa shape index (κ2) is 5.87. The number of benzene rings is 1. The molecule has 1 saturated heterocycles. The van der Waals surface area contributed by atoms with Crippen molar-refractivity contribution in [1.82, 2.24) is 9.80 Å². The summed E-state index contributed by atoms with van der Waals surface area (Å²) in [6.07, 6.45) is 3.76. The molecule has 110 valence electrons. The zero-order chi connectivity index (χ0) is 14.8. The SMILES string of the molecule is CN(C(=O)c1ccc(C#N)cc1)[C@H](CN1CCC1)C1CC1. The van der Waals surface area contributed by atoms with Crippen LogP contribution >= 0.6 is 0 Å². The Balaban J connectivity index is 1.69. The summed E-state index contributed by atoms with van der Waals surface area (Å²) in [5, 5.41) is 8.83. The van der Waals surface area contributed by atoms with Gasteiger partial charge in [0.1, 0.15) is 0 Å². The quantitative estimate of drug-likeness (QED) is 0.831. The van der Waals surface area contributed by atoms with E-state index in [0.717, 1.165) is 6.54 Å². The van der Waals surface area contributed by atoms with E-state index in [9.17, 15) is 4.79 Å². The fraction of sp³-hybridized carbons (Fsp3) is 0.529. The molecule has 4 nitrogen and oxygen atoms in total. The van der Waals surface area contributed by atoms with E-state index in [4.69, 9.17) is 5.26 Å². The molecule has 4 heteroatoms. The molecule has 1 aromatic rings. The second-order valence-electron chi connectivity index (χ2n) is 6.16. The minimum Gasteiger partial charge on any atom is -0.337 e. The molecule has 0 aromatic heterocycles. The van der Waals surface area contributed by atoms with Gasteiger partial charge in [0.25, 0.3) is 5.91 Å². The Labute approximate surface area is 126 Å². The molecule has 0 radical (unpaired) electrons. The van der Waals surface area contributed by atoms with Crippen LogP contribution in [0.5, 0.6) is 0 Å². The molecule has 2 aliphatic rings. The maximum Gasteiger partial charge on any atom is 0.253 e. The lowest BCUT2D eigenvalue weighted by Gasteiger charge is -2.38. The van der Waals surface area contributed by atoms with E-state index in [0.29, 0.717) is 23.1 Å². The summed E-state index contributed by atoms with van der Waals surface area (Å²) < 4.78 is 0. The van der Waals surface area contributed by atoms with E-state index in [-0.39, 0.29) is 5.91 Å². The Morgan fingerprint density at radius 3 is 2.52 bits per heavy atom. The molecule has 1 amide bonds. The van der Waals surface area contributed by atoms with Crippen LogP contribution in [-0.2, 0) is 0 Å². The van der Waals surface area contributed by atoms with Crippen LogP contribution in [0.3, 0.4) is 0 Å². The minimum atomic E-state index is 0.0666. The van der Waals surface area contributed by atoms with Crippen molar-refractivity contribution in [3.8, 4) is 6.07 Å². The fourth-order valence-corrected chi connectivity index (χ4v) is 2.94. The van der Waals surface area contributed by atoms with Gasteiger partial charge >= 0.3 is 0 Å². The van der Waals surface area contributed by atoms with E-state index in [2.05, 4.69) is 11.0 Å². The van der Waals surface area contributed by atoms with Gasteiger partial charge in [-0.25, -0.2) is 0 Å². The number of hydrogen-bond donors (Lipinski definition) is 0. The van der Waals surface area contributed by atoms with E-state index in [1.807, 2.05) is 11.9 Å². The predicted molar refractivity (Wildman–Crippen MR) is 80.8 cm³/mol. The molecule has 1 atom stereocenters. The van der Waals surface area contributed by atoms with Gasteiger partial charge in [-0.2, -0.15) is 5.26 Å². The predicted octanol–water partition coefficient (Wildman–Crippen LogP) is 2.11. The van der Waals surface area contributed by atoms with E-state index < -0.39 is 0 Å². The number of carbonyl (C=O) groups is 1. The van der Waals surface area contributed by atoms with Gasteiger partial charge < -0.3 is 9.80 Å². The summed E-state index contributed by atoms with van der Waals surface area (Å²) in [5.74, 6) is 0.731. The first-order valence-corrected chi connectivity index (χ1v) is 7.68. The lowest BCUT2D eigenvalue weighted by Crippen LogP contribution is -2.50. The number of hydrogen-bond acceptors (Lipinski definition) is 3. The third-order valence-electron chi connectivity index (χ3n) is 4.64. The monoisotopic (exact) mass is 283 g/mol. The van der Waals surface area contributed by atoms with Gasteiger partial charge in [-0.15, -0.1) is 0 Å². The number of likely N-dealkylation sites (N-methyl/N-ethyl adjacent to an activating group) is 1. The molecular weight excluding hydrogens is 262 g/mol. The molecule has 1 aliphatic heterocycles. The number of carbonyl (C=O) groups excluding carboxylic acids is 1. The minimum absolute atomic E-state index is 0.0666. The van der Waals surface area contributed by atoms with Gasteiger partial charge in [0.15, 0.2) is 0 Å². The zero-order valence-corrected chi connectivity index (χ0v) is 12.5. The van der Waals surface area contributed by atoms with Gasteiger partial charge in [0.2, 0.25) is 0 Å². The highest BCUT2D eigenvalue weighted by molar-refractivity contribution is 5.94. The topological polar surface area (TPSA) is 47.3 Å². The van der Waals surface area contributed by atoms with Crippen LogP contribution in [0, 0.1) is 17.2 Å². The zero-order valence-electron chi connectivity index (χ0n) is 12.5. The molecule has 1 aromatic carbocycles. The summed E-state index contributed by atoms with van der Waals surface area (Å²) >= 11 is 0. The van der Waals surface area contributed by atoms with Crippen molar-refractivity contribution in [3.05, 3.63) is 35.4 Å². The smallest absolute Gasteiger partial charge is 0.253 e. The lowest BCUT2D eigenvalue weighted by molar-refractivity contribution is 0.0607. The Morgan fingerprint density at radius 2 is 2.05 bits per heavy atom. The molecule has 0 N–H and O–H groups in total. The second-order valence-corrected chi connectivity index (χ2v) is 6.16. The van der Waals surface area contributed by atoms with Gasteiger partial charge in [-0.3, -0.25) is 4.79 Å². The summed E-state index contributed by atoms with van der Waals surface area (Å²) in [6, 6.07) is 9.34. The number of rotatable bonds is 5. The Kier molecular flexibility index (Phi) is 3.94. The number of nitrogens with zero attached hydrogens (tertiary/aromatic N) is 3. The van der Waals surface area contributed by atoms with E-state index >= 15 is 0 Å². The van der Waals surface area contributed by atoms with Crippen molar-refractivity contribution in [2.75, 3.05) is 26.7 Å². The first kappa shape index (κ1) is 14.1. The van der Waals surface area contributed by atoms with E-state index in [1.54, 1.807) is 24.3 Å². The summed E-state index contributed by atoms with van der Waals surface area (Å²) in [5.41, 5.74) is 1.26. The van der Waals surface area contributed by atoms with Crippen LogP contribution in [0.1, 0.15) is 35.2 Å². The first-order valence-electron chi connectivity index (χ1n) is 7.68. The standard InChI is InChI=1S/C17H21N3O/c1-19(16(14-7-8-14)12-20-9-2-10-20)17(21)15-5-3-13(11-18)4-6-15/h3-6,14,16H,2,7-10,12H2,1H3/t16-/m1/s1. The van der Waals surface area contributed by atoms with Crippen molar-refractivity contribution in [2.45, 2.75) is 25.3 Å². The molecule has 1 saturated carbocycles. The number of amides is 1. The van der Waals surface area contributed by atoms with Crippen molar-refractivity contribution >= 4 is 5.91 Å². The molecule has 1 aliphatic carbocycles. The summed E-state index contributed by atoms with van der Waals surface area (Å²) in [7, 11) is 1.92. The van der Waals surface area contributed by atoms with Crippen molar-refractivity contribution < 1.29 is 4.79 Å². The highest BCUT2D eigenvalue weighted by atomic mass is 16.2. The van der Waals surface area contributed by atoms with Crippen LogP contribution in [0.2, 0.25) is 0 Å². The molecule has 0 bridgehead atoms. The fourth-order valence-electron chi connectivity index (χ4n) is 2.94. The van der Waals surface area contributed by atoms with Gasteiger partial charge in [0, 0.05) is 25.2 Å². The van der Waals surface area contributed by atoms with Crippen LogP contribution in [0.4, 0.5) is 0 Å². The maximum atomic E-state index is 12.6. The van der Waals surface area contributed by atoms with Gasteiger partial charge in [-0.1, -0.05) is 0 Å². The van der Waals surface area contributed by atoms with Gasteiger partial charge in [-0.05, 0) is 62.5 Å². The van der Waals surface area contributed by atoms with Crippen LogP contribution in [0.25, 0.3) is 0 Å². The molecule has 0 unspecified atom stereocenters. The largest absolute Gasteiger partial charge is 0.337 e. The third-order valence-corrected chi connectivity index (χ3v) is 4.64. The summed E-state index contributed by atoms with van der Waals surface area (Å²) in [4.78, 5) is 17.0. The number of nitriles is 1. The van der Waals surface area contributed by atoms with Crippen LogP contribution < -0.4 is 0 Å². The maximum absolute atomic E-state index is 12.6. The Morgan fingerprint density at radius 1 is 1.38 bits per heavy atom. The van der Waals surface area contributed by atoms with Crippen molar-refractivity contribution in [3.63, 3.8) is 0 Å². The molecule has 2 fully saturated rings.